The van der Waals surface area contributed by atoms with Crippen LogP contribution in [0.1, 0.15) is 29.5 Å². The van der Waals surface area contributed by atoms with E-state index in [-0.39, 0.29) is 5.91 Å². The molecule has 0 unspecified atom stereocenters. The first-order valence-corrected chi connectivity index (χ1v) is 6.76. The molecule has 6 nitrogen and oxygen atoms in total. The van der Waals surface area contributed by atoms with E-state index in [9.17, 15) is 4.79 Å². The topological polar surface area (TPSA) is 82.7 Å². The van der Waals surface area contributed by atoms with Crippen molar-refractivity contribution in [1.82, 2.24) is 20.3 Å². The first kappa shape index (κ1) is 14.0. The van der Waals surface area contributed by atoms with Crippen molar-refractivity contribution < 1.29 is 4.79 Å². The van der Waals surface area contributed by atoms with Crippen molar-refractivity contribution in [3.8, 4) is 0 Å². The quantitative estimate of drug-likeness (QED) is 0.669. The molecule has 20 heavy (non-hydrogen) atoms. The Morgan fingerprint density at radius 2 is 2.25 bits per heavy atom. The van der Waals surface area contributed by atoms with Crippen LogP contribution in [-0.2, 0) is 6.42 Å². The Bertz CT molecular complexity index is 538. The van der Waals surface area contributed by atoms with E-state index in [0.29, 0.717) is 17.9 Å². The molecule has 0 atom stereocenters. The van der Waals surface area contributed by atoms with Crippen LogP contribution in [-0.4, -0.2) is 33.9 Å². The Labute approximate surface area is 118 Å². The van der Waals surface area contributed by atoms with E-state index in [1.165, 1.54) is 0 Å². The first-order chi connectivity index (χ1) is 9.81. The van der Waals surface area contributed by atoms with Crippen molar-refractivity contribution in [2.75, 3.05) is 18.4 Å². The van der Waals surface area contributed by atoms with Gasteiger partial charge in [0.25, 0.3) is 5.91 Å². The van der Waals surface area contributed by atoms with Gasteiger partial charge in [-0.25, -0.2) is 9.97 Å². The fourth-order valence-corrected chi connectivity index (χ4v) is 1.88. The van der Waals surface area contributed by atoms with Crippen molar-refractivity contribution in [2.45, 2.75) is 19.8 Å². The molecule has 2 heterocycles. The Hall–Kier alpha value is -2.37. The number of pyridine rings is 1. The number of aryl methyl sites for hydroxylation is 1. The van der Waals surface area contributed by atoms with Crippen LogP contribution in [0.4, 0.5) is 5.82 Å². The van der Waals surface area contributed by atoms with E-state index < -0.39 is 0 Å². The van der Waals surface area contributed by atoms with Gasteiger partial charge in [0.1, 0.15) is 11.6 Å². The van der Waals surface area contributed by atoms with Gasteiger partial charge in [0.15, 0.2) is 0 Å². The summed E-state index contributed by atoms with van der Waals surface area (Å²) in [6.07, 6.45) is 6.86. The zero-order valence-corrected chi connectivity index (χ0v) is 11.5. The molecule has 1 amide bonds. The number of hydrogen-bond donors (Lipinski definition) is 3. The molecule has 106 valence electrons. The highest BCUT2D eigenvalue weighted by Crippen LogP contribution is 2.10. The fourth-order valence-electron chi connectivity index (χ4n) is 1.88. The van der Waals surface area contributed by atoms with E-state index in [2.05, 4.69) is 25.6 Å². The monoisotopic (exact) mass is 273 g/mol. The van der Waals surface area contributed by atoms with Crippen LogP contribution in [0.15, 0.2) is 30.7 Å². The molecule has 0 fully saturated rings. The van der Waals surface area contributed by atoms with Gasteiger partial charge in [-0.1, -0.05) is 0 Å². The summed E-state index contributed by atoms with van der Waals surface area (Å²) in [6.45, 7) is 3.31. The van der Waals surface area contributed by atoms with E-state index >= 15 is 0 Å². The number of rotatable bonds is 7. The van der Waals surface area contributed by atoms with Crippen LogP contribution in [0.2, 0.25) is 0 Å². The molecule has 0 aliphatic heterocycles. The molecule has 0 radical (unpaired) electrons. The summed E-state index contributed by atoms with van der Waals surface area (Å²) in [5, 5.41) is 5.98. The second-order valence-corrected chi connectivity index (χ2v) is 4.33. The normalized spacial score (nSPS) is 10.2. The minimum absolute atomic E-state index is 0.103. The number of H-pyrrole nitrogens is 1. The van der Waals surface area contributed by atoms with E-state index in [4.69, 9.17) is 0 Å². The Kier molecular flexibility index (Phi) is 5.11. The molecule has 0 aliphatic carbocycles. The number of anilines is 1. The van der Waals surface area contributed by atoms with Gasteiger partial charge >= 0.3 is 0 Å². The lowest BCUT2D eigenvalue weighted by Crippen LogP contribution is -2.26. The number of aromatic nitrogens is 3. The fraction of sp³-hybridized carbons (Fsp3) is 0.357. The van der Waals surface area contributed by atoms with Crippen LogP contribution in [0.5, 0.6) is 0 Å². The molecule has 2 rings (SSSR count). The van der Waals surface area contributed by atoms with E-state index in [0.717, 1.165) is 25.2 Å². The Balaban J connectivity index is 1.82. The van der Waals surface area contributed by atoms with Crippen LogP contribution in [0.25, 0.3) is 0 Å². The van der Waals surface area contributed by atoms with E-state index in [1.54, 1.807) is 30.7 Å². The lowest BCUT2D eigenvalue weighted by Gasteiger charge is -2.09. The predicted molar refractivity (Wildman–Crippen MR) is 77.6 cm³/mol. The molecule has 0 aromatic carbocycles. The zero-order valence-electron chi connectivity index (χ0n) is 11.5. The Morgan fingerprint density at radius 3 is 3.00 bits per heavy atom. The summed E-state index contributed by atoms with van der Waals surface area (Å²) < 4.78 is 0. The smallest absolute Gasteiger partial charge is 0.255 e. The molecule has 2 aromatic heterocycles. The predicted octanol–water partition coefficient (Wildman–Crippen LogP) is 1.60. The minimum Gasteiger partial charge on any atom is -0.370 e. The minimum atomic E-state index is -0.103. The third-order valence-electron chi connectivity index (χ3n) is 2.83. The summed E-state index contributed by atoms with van der Waals surface area (Å²) in [4.78, 5) is 23.4. The molecule has 2 aromatic rings. The lowest BCUT2D eigenvalue weighted by molar-refractivity contribution is 0.0953. The van der Waals surface area contributed by atoms with Crippen molar-refractivity contribution in [3.63, 3.8) is 0 Å². The van der Waals surface area contributed by atoms with Crippen molar-refractivity contribution in [2.24, 2.45) is 0 Å². The first-order valence-electron chi connectivity index (χ1n) is 6.76. The second-order valence-electron chi connectivity index (χ2n) is 4.33. The third kappa shape index (κ3) is 3.81. The Morgan fingerprint density at radius 1 is 1.35 bits per heavy atom. The number of carbonyl (C=O) groups excluding carboxylic acids is 1. The summed E-state index contributed by atoms with van der Waals surface area (Å²) in [5.41, 5.74) is 0.576. The molecular formula is C14H19N5O. The molecule has 3 N–H and O–H groups in total. The van der Waals surface area contributed by atoms with Crippen molar-refractivity contribution >= 4 is 11.7 Å². The summed E-state index contributed by atoms with van der Waals surface area (Å²) in [7, 11) is 0. The molecule has 0 saturated carbocycles. The van der Waals surface area contributed by atoms with E-state index in [1.807, 2.05) is 6.92 Å². The van der Waals surface area contributed by atoms with Crippen LogP contribution >= 0.6 is 0 Å². The zero-order chi connectivity index (χ0) is 14.2. The maximum Gasteiger partial charge on any atom is 0.255 e. The summed E-state index contributed by atoms with van der Waals surface area (Å²) in [5.74, 6) is 1.46. The van der Waals surface area contributed by atoms with Gasteiger partial charge in [-0.15, -0.1) is 0 Å². The van der Waals surface area contributed by atoms with Gasteiger partial charge in [0.2, 0.25) is 0 Å². The van der Waals surface area contributed by atoms with Gasteiger partial charge < -0.3 is 15.6 Å². The van der Waals surface area contributed by atoms with Crippen molar-refractivity contribution in [3.05, 3.63) is 42.1 Å². The number of imidazole rings is 1. The highest BCUT2D eigenvalue weighted by Gasteiger charge is 2.10. The maximum atomic E-state index is 12.1. The average molecular weight is 273 g/mol. The van der Waals surface area contributed by atoms with Gasteiger partial charge in [-0.2, -0.15) is 0 Å². The van der Waals surface area contributed by atoms with Gasteiger partial charge in [0.05, 0.1) is 5.56 Å². The van der Waals surface area contributed by atoms with Gasteiger partial charge in [-0.3, -0.25) is 4.79 Å². The second kappa shape index (κ2) is 7.28. The van der Waals surface area contributed by atoms with Crippen LogP contribution in [0, 0.1) is 0 Å². The third-order valence-corrected chi connectivity index (χ3v) is 2.83. The standard InChI is InChI=1S/C14H19N5O/c1-2-15-13-11(5-3-7-18-13)14(20)19-8-4-6-12-16-9-10-17-12/h3,5,7,9-10H,2,4,6,8H2,1H3,(H,15,18)(H,16,17)(H,19,20). The van der Waals surface area contributed by atoms with Crippen molar-refractivity contribution in [1.29, 1.82) is 0 Å². The highest BCUT2D eigenvalue weighted by molar-refractivity contribution is 5.98. The molecule has 0 spiro atoms. The molecule has 0 aliphatic rings. The molecule has 6 heteroatoms. The molecular weight excluding hydrogens is 254 g/mol. The maximum absolute atomic E-state index is 12.1. The van der Waals surface area contributed by atoms with Crippen LogP contribution in [0.3, 0.4) is 0 Å². The molecule has 0 bridgehead atoms. The SMILES string of the molecule is CCNc1ncccc1C(=O)NCCCc1ncc[nH]1. The summed E-state index contributed by atoms with van der Waals surface area (Å²) >= 11 is 0. The largest absolute Gasteiger partial charge is 0.370 e. The number of amides is 1. The van der Waals surface area contributed by atoms with Gasteiger partial charge in [0, 0.05) is 38.1 Å². The van der Waals surface area contributed by atoms with Crippen LogP contribution < -0.4 is 10.6 Å². The number of hydrogen-bond acceptors (Lipinski definition) is 4. The van der Waals surface area contributed by atoms with Gasteiger partial charge in [-0.05, 0) is 25.5 Å². The number of carbonyl (C=O) groups is 1. The lowest BCUT2D eigenvalue weighted by atomic mass is 10.2. The highest BCUT2D eigenvalue weighted by atomic mass is 16.1. The molecule has 0 saturated heterocycles. The number of nitrogens with zero attached hydrogens (tertiary/aromatic N) is 2. The number of nitrogens with one attached hydrogen (secondary N) is 3. The average Bonchev–Trinajstić information content (AvgIpc) is 2.97. The number of aromatic amines is 1. The summed E-state index contributed by atoms with van der Waals surface area (Å²) in [6, 6.07) is 3.53.